The number of anilines is 1. The number of rotatable bonds is 3. The van der Waals surface area contributed by atoms with Gasteiger partial charge in [0, 0.05) is 18.8 Å². The lowest BCUT2D eigenvalue weighted by molar-refractivity contribution is -0.135. The van der Waals surface area contributed by atoms with E-state index < -0.39 is 5.97 Å². The number of nitrogens with two attached hydrogens (primary N) is 1. The molecular weight excluding hydrogens is 256 g/mol. The SMILES string of the molecule is Cc1cc(N)cc(C(=O)OCC(=O)N2CCCCC2)c1. The van der Waals surface area contributed by atoms with Crippen molar-refractivity contribution < 1.29 is 14.3 Å². The first-order valence-corrected chi connectivity index (χ1v) is 6.88. The maximum Gasteiger partial charge on any atom is 0.338 e. The number of benzene rings is 1. The third-order valence-electron chi connectivity index (χ3n) is 3.37. The van der Waals surface area contributed by atoms with Crippen molar-refractivity contribution in [3.8, 4) is 0 Å². The second kappa shape index (κ2) is 6.41. The fourth-order valence-electron chi connectivity index (χ4n) is 2.38. The van der Waals surface area contributed by atoms with Gasteiger partial charge in [0.2, 0.25) is 0 Å². The number of nitrogen functional groups attached to an aromatic ring is 1. The van der Waals surface area contributed by atoms with Crippen molar-refractivity contribution in [1.29, 1.82) is 0 Å². The van der Waals surface area contributed by atoms with Gasteiger partial charge < -0.3 is 15.4 Å². The Morgan fingerprint density at radius 1 is 1.20 bits per heavy atom. The van der Waals surface area contributed by atoms with Crippen LogP contribution in [0, 0.1) is 6.92 Å². The van der Waals surface area contributed by atoms with Crippen LogP contribution < -0.4 is 5.73 Å². The minimum Gasteiger partial charge on any atom is -0.452 e. The van der Waals surface area contributed by atoms with Crippen molar-refractivity contribution >= 4 is 17.6 Å². The molecule has 1 aromatic carbocycles. The summed E-state index contributed by atoms with van der Waals surface area (Å²) in [6.07, 6.45) is 3.20. The number of amides is 1. The molecule has 2 N–H and O–H groups in total. The largest absolute Gasteiger partial charge is 0.452 e. The Bertz CT molecular complexity index is 488. The predicted octanol–water partition coefficient (Wildman–Crippen LogP) is 1.75. The standard InChI is InChI=1S/C15H20N2O3/c1-11-7-12(9-13(16)8-11)15(19)20-10-14(18)17-5-3-2-4-6-17/h7-9H,2-6,10,16H2,1H3. The number of carbonyl (C=O) groups excluding carboxylic acids is 2. The lowest BCUT2D eigenvalue weighted by Crippen LogP contribution is -2.38. The summed E-state index contributed by atoms with van der Waals surface area (Å²) in [6, 6.07) is 5.03. The van der Waals surface area contributed by atoms with Crippen LogP contribution in [-0.4, -0.2) is 36.5 Å². The van der Waals surface area contributed by atoms with Crippen LogP contribution in [0.4, 0.5) is 5.69 Å². The van der Waals surface area contributed by atoms with Crippen LogP contribution in [0.25, 0.3) is 0 Å². The molecule has 20 heavy (non-hydrogen) atoms. The lowest BCUT2D eigenvalue weighted by atomic mass is 10.1. The zero-order chi connectivity index (χ0) is 14.5. The number of esters is 1. The Labute approximate surface area is 118 Å². The summed E-state index contributed by atoms with van der Waals surface area (Å²) in [5, 5.41) is 0. The molecule has 0 bridgehead atoms. The van der Waals surface area contributed by atoms with Gasteiger partial charge in [0.15, 0.2) is 6.61 Å². The maximum absolute atomic E-state index is 11.9. The molecule has 0 aliphatic carbocycles. The molecule has 2 rings (SSSR count). The van der Waals surface area contributed by atoms with Crippen LogP contribution in [0.2, 0.25) is 0 Å². The molecule has 0 spiro atoms. The molecule has 1 fully saturated rings. The third kappa shape index (κ3) is 3.73. The van der Waals surface area contributed by atoms with Gasteiger partial charge >= 0.3 is 5.97 Å². The van der Waals surface area contributed by atoms with Crippen molar-refractivity contribution in [2.45, 2.75) is 26.2 Å². The molecule has 1 amide bonds. The van der Waals surface area contributed by atoms with Crippen molar-refractivity contribution in [3.63, 3.8) is 0 Å². The average Bonchev–Trinajstić information content (AvgIpc) is 2.44. The molecular formula is C15H20N2O3. The van der Waals surface area contributed by atoms with E-state index in [2.05, 4.69) is 0 Å². The number of piperidine rings is 1. The molecule has 5 nitrogen and oxygen atoms in total. The van der Waals surface area contributed by atoms with Gasteiger partial charge in [-0.05, 0) is 49.9 Å². The summed E-state index contributed by atoms with van der Waals surface area (Å²) in [6.45, 7) is 3.17. The summed E-state index contributed by atoms with van der Waals surface area (Å²) in [4.78, 5) is 25.5. The quantitative estimate of drug-likeness (QED) is 0.674. The lowest BCUT2D eigenvalue weighted by Gasteiger charge is -2.26. The van der Waals surface area contributed by atoms with Crippen LogP contribution in [0.5, 0.6) is 0 Å². The van der Waals surface area contributed by atoms with Gasteiger partial charge in [-0.3, -0.25) is 4.79 Å². The molecule has 108 valence electrons. The number of ether oxygens (including phenoxy) is 1. The van der Waals surface area contributed by atoms with Crippen molar-refractivity contribution in [1.82, 2.24) is 4.90 Å². The van der Waals surface area contributed by atoms with Crippen molar-refractivity contribution in [2.75, 3.05) is 25.4 Å². The van der Waals surface area contributed by atoms with Gasteiger partial charge in [0.25, 0.3) is 5.91 Å². The van der Waals surface area contributed by atoms with E-state index in [0.717, 1.165) is 37.9 Å². The molecule has 5 heteroatoms. The summed E-state index contributed by atoms with van der Waals surface area (Å²) < 4.78 is 5.07. The van der Waals surface area contributed by atoms with Crippen LogP contribution in [0.3, 0.4) is 0 Å². The minimum atomic E-state index is -0.509. The van der Waals surface area contributed by atoms with E-state index in [1.54, 1.807) is 23.1 Å². The second-order valence-electron chi connectivity index (χ2n) is 5.15. The smallest absolute Gasteiger partial charge is 0.338 e. The van der Waals surface area contributed by atoms with E-state index in [1.807, 2.05) is 6.92 Å². The molecule has 1 saturated heterocycles. The van der Waals surface area contributed by atoms with Crippen molar-refractivity contribution in [2.24, 2.45) is 0 Å². The van der Waals surface area contributed by atoms with Gasteiger partial charge in [-0.25, -0.2) is 4.79 Å². The van der Waals surface area contributed by atoms with Crippen LogP contribution >= 0.6 is 0 Å². The third-order valence-corrected chi connectivity index (χ3v) is 3.37. The number of hydrogen-bond acceptors (Lipinski definition) is 4. The van der Waals surface area contributed by atoms with Crippen LogP contribution in [0.15, 0.2) is 18.2 Å². The Hall–Kier alpha value is -2.04. The number of carbonyl (C=O) groups is 2. The Morgan fingerprint density at radius 2 is 1.90 bits per heavy atom. The van der Waals surface area contributed by atoms with Gasteiger partial charge in [-0.1, -0.05) is 0 Å². The summed E-state index contributed by atoms with van der Waals surface area (Å²) in [5.74, 6) is -0.635. The second-order valence-corrected chi connectivity index (χ2v) is 5.15. The molecule has 1 aliphatic heterocycles. The number of likely N-dealkylation sites (tertiary alicyclic amines) is 1. The van der Waals surface area contributed by atoms with Crippen LogP contribution in [-0.2, 0) is 9.53 Å². The summed E-state index contributed by atoms with van der Waals surface area (Å²) in [5.41, 5.74) is 7.47. The zero-order valence-corrected chi connectivity index (χ0v) is 11.7. The van der Waals surface area contributed by atoms with Crippen molar-refractivity contribution in [3.05, 3.63) is 29.3 Å². The fourth-order valence-corrected chi connectivity index (χ4v) is 2.38. The van der Waals surface area contributed by atoms with Gasteiger partial charge in [-0.2, -0.15) is 0 Å². The highest BCUT2D eigenvalue weighted by Gasteiger charge is 2.18. The summed E-state index contributed by atoms with van der Waals surface area (Å²) >= 11 is 0. The predicted molar refractivity (Wildman–Crippen MR) is 76.3 cm³/mol. The molecule has 0 radical (unpaired) electrons. The van der Waals surface area contributed by atoms with E-state index in [0.29, 0.717) is 11.3 Å². The Morgan fingerprint density at radius 3 is 2.55 bits per heavy atom. The zero-order valence-electron chi connectivity index (χ0n) is 11.7. The fraction of sp³-hybridized carbons (Fsp3) is 0.467. The topological polar surface area (TPSA) is 72.6 Å². The normalized spacial score (nSPS) is 14.9. The first-order valence-electron chi connectivity index (χ1n) is 6.88. The molecule has 0 aromatic heterocycles. The molecule has 1 heterocycles. The minimum absolute atomic E-state index is 0.126. The van der Waals surface area contributed by atoms with Gasteiger partial charge in [-0.15, -0.1) is 0 Å². The number of aryl methyl sites for hydroxylation is 1. The summed E-state index contributed by atoms with van der Waals surface area (Å²) in [7, 11) is 0. The van der Waals surface area contributed by atoms with E-state index >= 15 is 0 Å². The highest BCUT2D eigenvalue weighted by Crippen LogP contribution is 2.13. The molecule has 1 aliphatic rings. The number of hydrogen-bond donors (Lipinski definition) is 1. The maximum atomic E-state index is 11.9. The van der Waals surface area contributed by atoms with Gasteiger partial charge in [0.1, 0.15) is 0 Å². The van der Waals surface area contributed by atoms with E-state index in [9.17, 15) is 9.59 Å². The monoisotopic (exact) mass is 276 g/mol. The van der Waals surface area contributed by atoms with E-state index in [-0.39, 0.29) is 12.5 Å². The first-order chi connectivity index (χ1) is 9.56. The molecule has 0 unspecified atom stereocenters. The highest BCUT2D eigenvalue weighted by atomic mass is 16.5. The van der Waals surface area contributed by atoms with Crippen LogP contribution in [0.1, 0.15) is 35.2 Å². The Balaban J connectivity index is 1.89. The molecule has 0 atom stereocenters. The van der Waals surface area contributed by atoms with E-state index in [1.165, 1.54) is 0 Å². The van der Waals surface area contributed by atoms with E-state index in [4.69, 9.17) is 10.5 Å². The van der Waals surface area contributed by atoms with Gasteiger partial charge in [0.05, 0.1) is 5.56 Å². The molecule has 0 saturated carbocycles. The molecule has 1 aromatic rings. The Kier molecular flexibility index (Phi) is 4.61. The number of nitrogens with zero attached hydrogens (tertiary/aromatic N) is 1. The average molecular weight is 276 g/mol. The first kappa shape index (κ1) is 14.4. The highest BCUT2D eigenvalue weighted by molar-refractivity contribution is 5.92.